The van der Waals surface area contributed by atoms with Crippen LogP contribution in [0.3, 0.4) is 0 Å². The van der Waals surface area contributed by atoms with Gasteiger partial charge in [0, 0.05) is 55.2 Å². The fourth-order valence-electron chi connectivity index (χ4n) is 4.90. The van der Waals surface area contributed by atoms with Crippen molar-refractivity contribution in [1.82, 2.24) is 25.1 Å². The minimum Gasteiger partial charge on any atom is -0.469 e. The van der Waals surface area contributed by atoms with Crippen LogP contribution in [0.15, 0.2) is 55.0 Å². The summed E-state index contributed by atoms with van der Waals surface area (Å²) in [5, 5.41) is 8.09. The highest BCUT2D eigenvalue weighted by Gasteiger charge is 2.13. The van der Waals surface area contributed by atoms with Crippen LogP contribution >= 0.6 is 0 Å². The number of carbonyl (C=O) groups excluding carboxylic acids is 1. The Hall–Kier alpha value is -3.78. The second kappa shape index (κ2) is 14.0. The van der Waals surface area contributed by atoms with Crippen LogP contribution in [0.1, 0.15) is 57.1 Å². The summed E-state index contributed by atoms with van der Waals surface area (Å²) in [6.45, 7) is 11.2. The van der Waals surface area contributed by atoms with Gasteiger partial charge >= 0.3 is 5.97 Å². The van der Waals surface area contributed by atoms with Gasteiger partial charge in [-0.3, -0.25) is 14.5 Å². The molecule has 0 aliphatic heterocycles. The van der Waals surface area contributed by atoms with E-state index in [1.165, 1.54) is 23.9 Å². The van der Waals surface area contributed by atoms with Crippen LogP contribution in [-0.2, 0) is 16.1 Å². The monoisotopic (exact) mass is 542 g/mol. The van der Waals surface area contributed by atoms with E-state index in [9.17, 15) is 4.79 Å². The standard InChI is InChI=1S/C32H42N6O2/c1-23(2)33-13-15-38(28-17-24(3)16-25(4)18-28)27-11-12-29-30(19-27)36-31(21-34-29)26-20-35-37(22-26)14-9-7-6-8-10-32(39)40-5/h11-12,16-23,33H,6-10,13-15H2,1-5H3. The van der Waals surface area contributed by atoms with E-state index in [0.717, 1.165) is 73.3 Å². The van der Waals surface area contributed by atoms with Crippen molar-refractivity contribution in [1.29, 1.82) is 0 Å². The topological polar surface area (TPSA) is 85.2 Å². The summed E-state index contributed by atoms with van der Waals surface area (Å²) in [6, 6.07) is 13.4. The van der Waals surface area contributed by atoms with Gasteiger partial charge < -0.3 is 15.0 Å². The average Bonchev–Trinajstić information content (AvgIpc) is 3.40. The van der Waals surface area contributed by atoms with Gasteiger partial charge in [-0.25, -0.2) is 4.98 Å². The third-order valence-electron chi connectivity index (χ3n) is 6.92. The lowest BCUT2D eigenvalue weighted by molar-refractivity contribution is -0.140. The number of hydrogen-bond acceptors (Lipinski definition) is 7. The highest BCUT2D eigenvalue weighted by molar-refractivity contribution is 5.82. The van der Waals surface area contributed by atoms with Gasteiger partial charge in [-0.05, 0) is 68.1 Å². The van der Waals surface area contributed by atoms with Crippen molar-refractivity contribution in [2.24, 2.45) is 0 Å². The quantitative estimate of drug-likeness (QED) is 0.146. The molecular formula is C32H42N6O2. The SMILES string of the molecule is COC(=O)CCCCCCn1cc(-c2cnc3ccc(N(CCNC(C)C)c4cc(C)cc(C)c4)cc3n2)cn1. The Kier molecular flexibility index (Phi) is 10.2. The first kappa shape index (κ1) is 29.2. The highest BCUT2D eigenvalue weighted by atomic mass is 16.5. The summed E-state index contributed by atoms with van der Waals surface area (Å²) in [6.07, 6.45) is 10.1. The second-order valence-electron chi connectivity index (χ2n) is 10.8. The minimum absolute atomic E-state index is 0.138. The molecule has 0 aliphatic carbocycles. The molecule has 2 aromatic heterocycles. The molecule has 8 nitrogen and oxygen atoms in total. The van der Waals surface area contributed by atoms with E-state index < -0.39 is 0 Å². The molecule has 0 fully saturated rings. The van der Waals surface area contributed by atoms with E-state index in [1.54, 1.807) is 0 Å². The van der Waals surface area contributed by atoms with E-state index in [0.29, 0.717) is 12.5 Å². The van der Waals surface area contributed by atoms with Gasteiger partial charge in [0.1, 0.15) is 0 Å². The molecule has 0 saturated carbocycles. The summed E-state index contributed by atoms with van der Waals surface area (Å²) in [4.78, 5) is 23.3. The number of carbonyl (C=O) groups is 1. The fourth-order valence-corrected chi connectivity index (χ4v) is 4.90. The first-order valence-electron chi connectivity index (χ1n) is 14.3. The van der Waals surface area contributed by atoms with E-state index in [1.807, 2.05) is 23.3 Å². The van der Waals surface area contributed by atoms with Crippen molar-refractivity contribution in [3.63, 3.8) is 0 Å². The molecular weight excluding hydrogens is 500 g/mol. The number of nitrogens with zero attached hydrogens (tertiary/aromatic N) is 5. The van der Waals surface area contributed by atoms with E-state index in [4.69, 9.17) is 14.7 Å². The predicted octanol–water partition coefficient (Wildman–Crippen LogP) is 6.37. The zero-order chi connectivity index (χ0) is 28.5. The van der Waals surface area contributed by atoms with Crippen molar-refractivity contribution >= 4 is 28.4 Å². The third kappa shape index (κ3) is 8.11. The van der Waals surface area contributed by atoms with Crippen molar-refractivity contribution in [2.75, 3.05) is 25.1 Å². The van der Waals surface area contributed by atoms with Crippen LogP contribution in [0.2, 0.25) is 0 Å². The van der Waals surface area contributed by atoms with Crippen LogP contribution in [-0.4, -0.2) is 52.0 Å². The lowest BCUT2D eigenvalue weighted by Crippen LogP contribution is -2.32. The van der Waals surface area contributed by atoms with Crippen LogP contribution in [0.4, 0.5) is 11.4 Å². The summed E-state index contributed by atoms with van der Waals surface area (Å²) in [5.74, 6) is -0.138. The molecule has 40 heavy (non-hydrogen) atoms. The molecule has 0 aliphatic rings. The predicted molar refractivity (Wildman–Crippen MR) is 162 cm³/mol. The number of fused-ring (bicyclic) bond motifs is 1. The lowest BCUT2D eigenvalue weighted by atomic mass is 10.1. The third-order valence-corrected chi connectivity index (χ3v) is 6.92. The molecule has 0 atom stereocenters. The number of anilines is 2. The van der Waals surface area contributed by atoms with Gasteiger partial charge in [0.2, 0.25) is 0 Å². The zero-order valence-electron chi connectivity index (χ0n) is 24.5. The van der Waals surface area contributed by atoms with E-state index in [-0.39, 0.29) is 5.97 Å². The van der Waals surface area contributed by atoms with Crippen molar-refractivity contribution < 1.29 is 9.53 Å². The van der Waals surface area contributed by atoms with E-state index in [2.05, 4.69) is 79.4 Å². The maximum atomic E-state index is 11.2. The van der Waals surface area contributed by atoms with Crippen molar-refractivity contribution in [2.45, 2.75) is 72.4 Å². The molecule has 1 N–H and O–H groups in total. The van der Waals surface area contributed by atoms with E-state index >= 15 is 0 Å². The molecule has 0 amide bonds. The highest BCUT2D eigenvalue weighted by Crippen LogP contribution is 2.30. The molecule has 2 aromatic carbocycles. The number of unbranched alkanes of at least 4 members (excludes halogenated alkanes) is 3. The molecule has 0 unspecified atom stereocenters. The summed E-state index contributed by atoms with van der Waals surface area (Å²) in [7, 11) is 1.43. The first-order valence-corrected chi connectivity index (χ1v) is 14.3. The molecule has 0 radical (unpaired) electrons. The molecule has 2 heterocycles. The molecule has 4 rings (SSSR count). The Morgan fingerprint density at radius 3 is 2.50 bits per heavy atom. The Morgan fingerprint density at radius 1 is 0.975 bits per heavy atom. The number of esters is 1. The molecule has 0 saturated heterocycles. The van der Waals surface area contributed by atoms with Gasteiger partial charge in [0.15, 0.2) is 0 Å². The van der Waals surface area contributed by atoms with Crippen LogP contribution in [0, 0.1) is 13.8 Å². The maximum Gasteiger partial charge on any atom is 0.305 e. The Labute approximate surface area is 237 Å². The van der Waals surface area contributed by atoms with Gasteiger partial charge in [0.25, 0.3) is 0 Å². The van der Waals surface area contributed by atoms with Crippen LogP contribution in [0.25, 0.3) is 22.3 Å². The molecule has 0 spiro atoms. The summed E-state index contributed by atoms with van der Waals surface area (Å²) < 4.78 is 6.66. The maximum absolute atomic E-state index is 11.2. The van der Waals surface area contributed by atoms with Gasteiger partial charge in [-0.15, -0.1) is 0 Å². The van der Waals surface area contributed by atoms with Gasteiger partial charge in [0.05, 0.1) is 36.2 Å². The smallest absolute Gasteiger partial charge is 0.305 e. The summed E-state index contributed by atoms with van der Waals surface area (Å²) in [5.41, 5.74) is 8.27. The first-order chi connectivity index (χ1) is 19.3. The largest absolute Gasteiger partial charge is 0.469 e. The van der Waals surface area contributed by atoms with Gasteiger partial charge in [-0.1, -0.05) is 32.8 Å². The number of ether oxygens (including phenoxy) is 1. The molecule has 0 bridgehead atoms. The average molecular weight is 543 g/mol. The number of nitrogens with one attached hydrogen (secondary N) is 1. The van der Waals surface area contributed by atoms with Crippen molar-refractivity contribution in [3.8, 4) is 11.3 Å². The molecule has 8 heteroatoms. The molecule has 212 valence electrons. The second-order valence-corrected chi connectivity index (χ2v) is 10.8. The van der Waals surface area contributed by atoms with Gasteiger partial charge in [-0.2, -0.15) is 5.10 Å². The number of benzene rings is 2. The zero-order valence-corrected chi connectivity index (χ0v) is 24.5. The van der Waals surface area contributed by atoms with Crippen LogP contribution < -0.4 is 10.2 Å². The summed E-state index contributed by atoms with van der Waals surface area (Å²) >= 11 is 0. The lowest BCUT2D eigenvalue weighted by Gasteiger charge is -2.27. The number of aryl methyl sites for hydroxylation is 3. The Bertz CT molecular complexity index is 1390. The number of rotatable bonds is 14. The minimum atomic E-state index is -0.138. The van der Waals surface area contributed by atoms with Crippen molar-refractivity contribution in [3.05, 3.63) is 66.1 Å². The van der Waals surface area contributed by atoms with Crippen LogP contribution in [0.5, 0.6) is 0 Å². The number of methoxy groups -OCH3 is 1. The fraction of sp³-hybridized carbons (Fsp3) is 0.438. The Morgan fingerprint density at radius 2 is 1.75 bits per heavy atom. The number of aromatic nitrogens is 4. The molecule has 4 aromatic rings. The normalized spacial score (nSPS) is 11.3. The number of hydrogen-bond donors (Lipinski definition) is 1. The Balaban J connectivity index is 1.49.